The average molecular weight is 276 g/mol. The molecule has 3 nitrogen and oxygen atoms in total. The van der Waals surface area contributed by atoms with Crippen LogP contribution in [0.5, 0.6) is 5.75 Å². The number of nitrogens with one attached hydrogen (secondary N) is 1. The van der Waals surface area contributed by atoms with E-state index in [9.17, 15) is 0 Å². The van der Waals surface area contributed by atoms with Gasteiger partial charge in [-0.2, -0.15) is 0 Å². The quantitative estimate of drug-likeness (QED) is 0.775. The molecule has 1 aromatic rings. The second-order valence-corrected chi connectivity index (χ2v) is 5.92. The summed E-state index contributed by atoms with van der Waals surface area (Å²) in [5, 5.41) is 3.50. The highest BCUT2D eigenvalue weighted by atomic mass is 16.5. The molecular formula is C17H28N2O. The van der Waals surface area contributed by atoms with E-state index in [0.29, 0.717) is 6.04 Å². The number of rotatable bonds is 7. The molecule has 20 heavy (non-hydrogen) atoms. The highest BCUT2D eigenvalue weighted by Gasteiger charge is 2.23. The Labute approximate surface area is 123 Å². The van der Waals surface area contributed by atoms with Gasteiger partial charge in [0.15, 0.2) is 0 Å². The number of hydrogen-bond acceptors (Lipinski definition) is 3. The Kier molecular flexibility index (Phi) is 6.34. The topological polar surface area (TPSA) is 24.5 Å². The van der Waals surface area contributed by atoms with E-state index < -0.39 is 0 Å². The first-order valence-corrected chi connectivity index (χ1v) is 7.90. The van der Waals surface area contributed by atoms with Gasteiger partial charge in [-0.3, -0.25) is 4.90 Å². The minimum Gasteiger partial charge on any atom is -0.494 e. The van der Waals surface area contributed by atoms with Crippen LogP contribution in [0, 0.1) is 5.92 Å². The number of piperazine rings is 1. The van der Waals surface area contributed by atoms with E-state index in [1.165, 1.54) is 19.5 Å². The SMILES string of the molecule is CC(C)C1CNCCN1CCCCOc1ccccc1. The first-order valence-electron chi connectivity index (χ1n) is 7.90. The van der Waals surface area contributed by atoms with E-state index in [1.54, 1.807) is 0 Å². The maximum Gasteiger partial charge on any atom is 0.119 e. The Bertz CT molecular complexity index is 367. The molecule has 1 aliphatic heterocycles. The van der Waals surface area contributed by atoms with E-state index in [2.05, 4.69) is 24.1 Å². The molecular weight excluding hydrogens is 248 g/mol. The monoisotopic (exact) mass is 276 g/mol. The van der Waals surface area contributed by atoms with Crippen molar-refractivity contribution in [2.75, 3.05) is 32.8 Å². The highest BCUT2D eigenvalue weighted by Crippen LogP contribution is 2.14. The lowest BCUT2D eigenvalue weighted by atomic mass is 10.0. The molecule has 0 saturated carbocycles. The van der Waals surface area contributed by atoms with Gasteiger partial charge in [0.1, 0.15) is 5.75 Å². The molecule has 1 N–H and O–H groups in total. The van der Waals surface area contributed by atoms with Crippen molar-refractivity contribution >= 4 is 0 Å². The van der Waals surface area contributed by atoms with Crippen LogP contribution in [-0.4, -0.2) is 43.7 Å². The van der Waals surface area contributed by atoms with Crippen LogP contribution >= 0.6 is 0 Å². The second kappa shape index (κ2) is 8.28. The van der Waals surface area contributed by atoms with Crippen LogP contribution in [0.3, 0.4) is 0 Å². The molecule has 3 heteroatoms. The lowest BCUT2D eigenvalue weighted by molar-refractivity contribution is 0.120. The molecule has 0 amide bonds. The summed E-state index contributed by atoms with van der Waals surface area (Å²) in [4.78, 5) is 2.64. The van der Waals surface area contributed by atoms with Crippen LogP contribution in [0.4, 0.5) is 0 Å². The number of para-hydroxylation sites is 1. The maximum absolute atomic E-state index is 5.74. The van der Waals surface area contributed by atoms with E-state index in [4.69, 9.17) is 4.74 Å². The first kappa shape index (κ1) is 15.3. The van der Waals surface area contributed by atoms with Crippen molar-refractivity contribution in [2.45, 2.75) is 32.7 Å². The van der Waals surface area contributed by atoms with Crippen LogP contribution in [0.15, 0.2) is 30.3 Å². The Balaban J connectivity index is 1.62. The minimum atomic E-state index is 0.693. The van der Waals surface area contributed by atoms with Crippen molar-refractivity contribution in [3.05, 3.63) is 30.3 Å². The third-order valence-corrected chi connectivity index (χ3v) is 4.02. The fraction of sp³-hybridized carbons (Fsp3) is 0.647. The third-order valence-electron chi connectivity index (χ3n) is 4.02. The van der Waals surface area contributed by atoms with Gasteiger partial charge in [0.2, 0.25) is 0 Å². The van der Waals surface area contributed by atoms with Crippen LogP contribution in [0.25, 0.3) is 0 Å². The zero-order chi connectivity index (χ0) is 14.2. The summed E-state index contributed by atoms with van der Waals surface area (Å²) in [6, 6.07) is 10.8. The van der Waals surface area contributed by atoms with Crippen molar-refractivity contribution in [2.24, 2.45) is 5.92 Å². The lowest BCUT2D eigenvalue weighted by Crippen LogP contribution is -2.53. The molecule has 1 heterocycles. The number of nitrogens with zero attached hydrogens (tertiary/aromatic N) is 1. The van der Waals surface area contributed by atoms with E-state index >= 15 is 0 Å². The van der Waals surface area contributed by atoms with Gasteiger partial charge in [-0.25, -0.2) is 0 Å². The van der Waals surface area contributed by atoms with E-state index in [1.807, 2.05) is 30.3 Å². The van der Waals surface area contributed by atoms with Crippen molar-refractivity contribution in [1.29, 1.82) is 0 Å². The average Bonchev–Trinajstić information content (AvgIpc) is 2.48. The zero-order valence-electron chi connectivity index (χ0n) is 12.8. The summed E-state index contributed by atoms with van der Waals surface area (Å²) < 4.78 is 5.74. The summed E-state index contributed by atoms with van der Waals surface area (Å²) in [6.45, 7) is 10.1. The highest BCUT2D eigenvalue weighted by molar-refractivity contribution is 5.20. The summed E-state index contributed by atoms with van der Waals surface area (Å²) in [6.07, 6.45) is 2.35. The molecule has 1 saturated heterocycles. The molecule has 1 aromatic carbocycles. The van der Waals surface area contributed by atoms with Crippen molar-refractivity contribution in [3.8, 4) is 5.75 Å². The van der Waals surface area contributed by atoms with E-state index in [0.717, 1.165) is 37.8 Å². The molecule has 1 fully saturated rings. The molecule has 0 aliphatic carbocycles. The fourth-order valence-corrected chi connectivity index (χ4v) is 2.83. The van der Waals surface area contributed by atoms with E-state index in [-0.39, 0.29) is 0 Å². The number of hydrogen-bond donors (Lipinski definition) is 1. The summed E-state index contributed by atoms with van der Waals surface area (Å²) in [5.41, 5.74) is 0. The molecule has 1 atom stereocenters. The van der Waals surface area contributed by atoms with Crippen LogP contribution in [0.1, 0.15) is 26.7 Å². The molecule has 0 bridgehead atoms. The number of benzene rings is 1. The molecule has 0 aromatic heterocycles. The Morgan fingerprint density at radius 1 is 1.25 bits per heavy atom. The van der Waals surface area contributed by atoms with Crippen molar-refractivity contribution in [3.63, 3.8) is 0 Å². The van der Waals surface area contributed by atoms with Crippen molar-refractivity contribution in [1.82, 2.24) is 10.2 Å². The van der Waals surface area contributed by atoms with Gasteiger partial charge >= 0.3 is 0 Å². The van der Waals surface area contributed by atoms with Gasteiger partial charge in [0, 0.05) is 25.7 Å². The molecule has 1 unspecified atom stereocenters. The Morgan fingerprint density at radius 3 is 2.80 bits per heavy atom. The molecule has 112 valence electrons. The number of unbranched alkanes of at least 4 members (excludes halogenated alkanes) is 1. The molecule has 1 aliphatic rings. The third kappa shape index (κ3) is 4.80. The second-order valence-electron chi connectivity index (χ2n) is 5.92. The van der Waals surface area contributed by atoms with Crippen LogP contribution in [0.2, 0.25) is 0 Å². The molecule has 0 radical (unpaired) electrons. The summed E-state index contributed by atoms with van der Waals surface area (Å²) in [5.74, 6) is 1.71. The Hall–Kier alpha value is -1.06. The van der Waals surface area contributed by atoms with Gasteiger partial charge in [0.05, 0.1) is 6.61 Å². The van der Waals surface area contributed by atoms with Gasteiger partial charge in [-0.05, 0) is 37.4 Å². The Morgan fingerprint density at radius 2 is 2.05 bits per heavy atom. The predicted octanol–water partition coefficient (Wildman–Crippen LogP) is 2.78. The van der Waals surface area contributed by atoms with Crippen molar-refractivity contribution < 1.29 is 4.74 Å². The van der Waals surface area contributed by atoms with Crippen LogP contribution in [-0.2, 0) is 0 Å². The largest absolute Gasteiger partial charge is 0.494 e. The maximum atomic E-state index is 5.74. The molecule has 0 spiro atoms. The first-order chi connectivity index (χ1) is 9.77. The van der Waals surface area contributed by atoms with Gasteiger partial charge in [-0.1, -0.05) is 32.0 Å². The fourth-order valence-electron chi connectivity index (χ4n) is 2.83. The summed E-state index contributed by atoms with van der Waals surface area (Å²) >= 11 is 0. The van der Waals surface area contributed by atoms with Gasteiger partial charge < -0.3 is 10.1 Å². The van der Waals surface area contributed by atoms with Gasteiger partial charge in [0.25, 0.3) is 0 Å². The smallest absolute Gasteiger partial charge is 0.119 e. The minimum absolute atomic E-state index is 0.693. The standard InChI is InChI=1S/C17H28N2O/c1-15(2)17-14-18-10-12-19(17)11-6-7-13-20-16-8-4-3-5-9-16/h3-5,8-9,15,17-18H,6-7,10-14H2,1-2H3. The van der Waals surface area contributed by atoms with Gasteiger partial charge in [-0.15, -0.1) is 0 Å². The summed E-state index contributed by atoms with van der Waals surface area (Å²) in [7, 11) is 0. The van der Waals surface area contributed by atoms with Crippen LogP contribution < -0.4 is 10.1 Å². The normalized spacial score (nSPS) is 20.2. The zero-order valence-corrected chi connectivity index (χ0v) is 12.8. The predicted molar refractivity (Wildman–Crippen MR) is 84.2 cm³/mol. The lowest BCUT2D eigenvalue weighted by Gasteiger charge is -2.38. The molecule has 2 rings (SSSR count). The number of ether oxygens (including phenoxy) is 1.